The quantitative estimate of drug-likeness (QED) is 0.816. The Balaban J connectivity index is 2.65. The summed E-state index contributed by atoms with van der Waals surface area (Å²) in [5, 5.41) is 10.2. The molecule has 0 aliphatic rings. The van der Waals surface area contributed by atoms with Crippen LogP contribution in [-0.4, -0.2) is 11.1 Å². The van der Waals surface area contributed by atoms with Crippen molar-refractivity contribution in [1.29, 1.82) is 0 Å². The van der Waals surface area contributed by atoms with E-state index in [4.69, 9.17) is 5.11 Å². The maximum atomic E-state index is 13.2. The van der Waals surface area contributed by atoms with Crippen LogP contribution in [0.4, 0.5) is 4.39 Å². The van der Waals surface area contributed by atoms with Gasteiger partial charge in [-0.15, -0.1) is 0 Å². The molecule has 0 aromatic heterocycles. The van der Waals surface area contributed by atoms with Gasteiger partial charge in [0.15, 0.2) is 0 Å². The Morgan fingerprint density at radius 2 is 2.00 bits per heavy atom. The number of carboxylic acids is 1. The molecule has 76 valence electrons. The van der Waals surface area contributed by atoms with Crippen molar-refractivity contribution in [3.8, 4) is 0 Å². The topological polar surface area (TPSA) is 37.3 Å². The first-order valence-electron chi connectivity index (χ1n) is 4.56. The third-order valence-corrected chi connectivity index (χ3v) is 2.25. The summed E-state index contributed by atoms with van der Waals surface area (Å²) in [6.07, 6.45) is -0.154. The van der Waals surface area contributed by atoms with Crippen molar-refractivity contribution in [2.24, 2.45) is 0 Å². The molecule has 2 nitrogen and oxygen atoms in total. The van der Waals surface area contributed by atoms with Gasteiger partial charge in [0, 0.05) is 0 Å². The highest BCUT2D eigenvalue weighted by Gasteiger charge is 2.07. The number of benzene rings is 2. The summed E-state index contributed by atoms with van der Waals surface area (Å²) in [7, 11) is 0. The number of rotatable bonds is 2. The molecule has 0 heterocycles. The van der Waals surface area contributed by atoms with Gasteiger partial charge < -0.3 is 5.11 Å². The maximum Gasteiger partial charge on any atom is 0.307 e. The van der Waals surface area contributed by atoms with E-state index in [1.807, 2.05) is 6.07 Å². The fraction of sp³-hybridized carbons (Fsp3) is 0.0833. The van der Waals surface area contributed by atoms with Crippen molar-refractivity contribution in [3.63, 3.8) is 0 Å². The second-order valence-corrected chi connectivity index (χ2v) is 3.36. The predicted molar refractivity (Wildman–Crippen MR) is 55.2 cm³/mol. The minimum Gasteiger partial charge on any atom is -0.481 e. The summed E-state index contributed by atoms with van der Waals surface area (Å²) < 4.78 is 13.2. The van der Waals surface area contributed by atoms with Gasteiger partial charge in [-0.3, -0.25) is 4.79 Å². The molecule has 2 rings (SSSR count). The number of fused-ring (bicyclic) bond motifs is 1. The monoisotopic (exact) mass is 204 g/mol. The van der Waals surface area contributed by atoms with Crippen LogP contribution in [0, 0.1) is 5.82 Å². The van der Waals surface area contributed by atoms with E-state index < -0.39 is 11.8 Å². The second-order valence-electron chi connectivity index (χ2n) is 3.36. The lowest BCUT2D eigenvalue weighted by molar-refractivity contribution is -0.136. The molecule has 0 bridgehead atoms. The summed E-state index contributed by atoms with van der Waals surface area (Å²) in [4.78, 5) is 10.6. The molecule has 0 amide bonds. The zero-order chi connectivity index (χ0) is 10.8. The summed E-state index contributed by atoms with van der Waals surface area (Å²) in [6.45, 7) is 0. The SMILES string of the molecule is O=C(O)Cc1cc(F)cc2ccccc12. The van der Waals surface area contributed by atoms with Gasteiger partial charge in [0.1, 0.15) is 5.82 Å². The fourth-order valence-corrected chi connectivity index (χ4v) is 1.66. The molecule has 0 saturated carbocycles. The zero-order valence-electron chi connectivity index (χ0n) is 7.90. The van der Waals surface area contributed by atoms with Gasteiger partial charge in [-0.1, -0.05) is 24.3 Å². The largest absolute Gasteiger partial charge is 0.481 e. The Morgan fingerprint density at radius 1 is 1.27 bits per heavy atom. The number of halogens is 1. The highest BCUT2D eigenvalue weighted by Crippen LogP contribution is 2.20. The molecule has 1 N–H and O–H groups in total. The van der Waals surface area contributed by atoms with E-state index in [-0.39, 0.29) is 6.42 Å². The van der Waals surface area contributed by atoms with E-state index in [1.165, 1.54) is 12.1 Å². The summed E-state index contributed by atoms with van der Waals surface area (Å²) in [5.41, 5.74) is 0.512. The Labute approximate surface area is 86.0 Å². The first-order valence-corrected chi connectivity index (χ1v) is 4.56. The average Bonchev–Trinajstić information content (AvgIpc) is 2.16. The third-order valence-electron chi connectivity index (χ3n) is 2.25. The van der Waals surface area contributed by atoms with E-state index in [0.29, 0.717) is 5.56 Å². The van der Waals surface area contributed by atoms with E-state index in [9.17, 15) is 9.18 Å². The first-order chi connectivity index (χ1) is 7.16. The van der Waals surface area contributed by atoms with E-state index in [2.05, 4.69) is 0 Å². The Morgan fingerprint density at radius 3 is 2.73 bits per heavy atom. The fourth-order valence-electron chi connectivity index (χ4n) is 1.66. The van der Waals surface area contributed by atoms with Gasteiger partial charge in [-0.2, -0.15) is 0 Å². The molecule has 15 heavy (non-hydrogen) atoms. The number of hydrogen-bond acceptors (Lipinski definition) is 1. The molecule has 0 aliphatic heterocycles. The normalized spacial score (nSPS) is 10.5. The average molecular weight is 204 g/mol. The van der Waals surface area contributed by atoms with Crippen LogP contribution in [0.15, 0.2) is 36.4 Å². The predicted octanol–water partition coefficient (Wildman–Crippen LogP) is 2.61. The van der Waals surface area contributed by atoms with Crippen LogP contribution < -0.4 is 0 Å². The molecule has 0 saturated heterocycles. The van der Waals surface area contributed by atoms with Gasteiger partial charge in [-0.05, 0) is 28.5 Å². The molecule has 2 aromatic carbocycles. The summed E-state index contributed by atoms with van der Waals surface area (Å²) in [5.74, 6) is -1.35. The molecule has 0 spiro atoms. The number of carbonyl (C=O) groups is 1. The van der Waals surface area contributed by atoms with Crippen LogP contribution in [0.2, 0.25) is 0 Å². The summed E-state index contributed by atoms with van der Waals surface area (Å²) in [6, 6.07) is 9.85. The zero-order valence-corrected chi connectivity index (χ0v) is 7.90. The van der Waals surface area contributed by atoms with E-state index in [1.54, 1.807) is 18.2 Å². The van der Waals surface area contributed by atoms with Gasteiger partial charge in [-0.25, -0.2) is 4.39 Å². The second kappa shape index (κ2) is 3.69. The van der Waals surface area contributed by atoms with Gasteiger partial charge in [0.2, 0.25) is 0 Å². The molecular formula is C12H9FO2. The minimum atomic E-state index is -0.953. The van der Waals surface area contributed by atoms with Crippen molar-refractivity contribution >= 4 is 16.7 Å². The lowest BCUT2D eigenvalue weighted by Crippen LogP contribution is -2.01. The van der Waals surface area contributed by atoms with Crippen molar-refractivity contribution in [3.05, 3.63) is 47.8 Å². The van der Waals surface area contributed by atoms with Crippen molar-refractivity contribution in [1.82, 2.24) is 0 Å². The van der Waals surface area contributed by atoms with E-state index in [0.717, 1.165) is 10.8 Å². The smallest absolute Gasteiger partial charge is 0.307 e. The van der Waals surface area contributed by atoms with Gasteiger partial charge in [0.05, 0.1) is 6.42 Å². The molecule has 3 heteroatoms. The van der Waals surface area contributed by atoms with Crippen LogP contribution >= 0.6 is 0 Å². The molecular weight excluding hydrogens is 195 g/mol. The minimum absolute atomic E-state index is 0.154. The number of aliphatic carboxylic acids is 1. The Kier molecular flexibility index (Phi) is 2.37. The Hall–Kier alpha value is -1.90. The molecule has 0 fully saturated rings. The highest BCUT2D eigenvalue weighted by atomic mass is 19.1. The highest BCUT2D eigenvalue weighted by molar-refractivity contribution is 5.88. The van der Waals surface area contributed by atoms with Crippen LogP contribution in [0.25, 0.3) is 10.8 Å². The maximum absolute atomic E-state index is 13.2. The van der Waals surface area contributed by atoms with Crippen molar-refractivity contribution < 1.29 is 14.3 Å². The first kappa shape index (κ1) is 9.65. The molecule has 0 radical (unpaired) electrons. The Bertz CT molecular complexity index is 520. The lowest BCUT2D eigenvalue weighted by atomic mass is 10.0. The van der Waals surface area contributed by atoms with Gasteiger partial charge in [0.25, 0.3) is 0 Å². The van der Waals surface area contributed by atoms with Crippen LogP contribution in [-0.2, 0) is 11.2 Å². The van der Waals surface area contributed by atoms with Crippen LogP contribution in [0.3, 0.4) is 0 Å². The molecule has 0 atom stereocenters. The van der Waals surface area contributed by atoms with Crippen LogP contribution in [0.1, 0.15) is 5.56 Å². The molecule has 0 aliphatic carbocycles. The molecule has 0 unspecified atom stereocenters. The van der Waals surface area contributed by atoms with Gasteiger partial charge >= 0.3 is 5.97 Å². The summed E-state index contributed by atoms with van der Waals surface area (Å²) >= 11 is 0. The molecule has 2 aromatic rings. The standard InChI is InChI=1S/C12H9FO2/c13-10-5-8-3-1-2-4-11(8)9(6-10)7-12(14)15/h1-6H,7H2,(H,14,15). The van der Waals surface area contributed by atoms with Crippen LogP contribution in [0.5, 0.6) is 0 Å². The van der Waals surface area contributed by atoms with Crippen molar-refractivity contribution in [2.45, 2.75) is 6.42 Å². The van der Waals surface area contributed by atoms with Crippen molar-refractivity contribution in [2.75, 3.05) is 0 Å². The lowest BCUT2D eigenvalue weighted by Gasteiger charge is -2.04. The number of carboxylic acid groups (broad SMARTS) is 1. The van der Waals surface area contributed by atoms with E-state index >= 15 is 0 Å². The number of hydrogen-bond donors (Lipinski definition) is 1. The third kappa shape index (κ3) is 1.96.